The summed E-state index contributed by atoms with van der Waals surface area (Å²) in [6.45, 7) is 1.08. The fourth-order valence-electron chi connectivity index (χ4n) is 5.48. The van der Waals surface area contributed by atoms with E-state index in [-0.39, 0.29) is 5.91 Å². The first-order valence-corrected chi connectivity index (χ1v) is 12.3. The molecule has 3 heteroatoms. The van der Waals surface area contributed by atoms with Gasteiger partial charge in [-0.05, 0) is 35.1 Å². The summed E-state index contributed by atoms with van der Waals surface area (Å²) in [4.78, 5) is 15.9. The van der Waals surface area contributed by atoms with E-state index in [1.54, 1.807) is 0 Å². The fraction of sp³-hybridized carbons (Fsp3) is 0.219. The second-order valence-corrected chi connectivity index (χ2v) is 9.46. The molecule has 5 rings (SSSR count). The molecule has 1 N–H and O–H groups in total. The minimum absolute atomic E-state index is 0.108. The number of hydrogen-bond donors (Lipinski definition) is 1. The largest absolute Gasteiger partial charge is 0.385 e. The minimum Gasteiger partial charge on any atom is -0.385 e. The number of piperidine rings is 1. The standard InChI is InChI=1S/C32H31NO2/c34-30(33-23-21-31(35,22-24-33)26-13-5-1-6-14-26)25-32(27-15-7-2-8-16-27,28-17-9-3-10-18-28)29-19-11-4-12-20-29/h1-20,35H,21-25H2. The van der Waals surface area contributed by atoms with Gasteiger partial charge in [-0.2, -0.15) is 0 Å². The van der Waals surface area contributed by atoms with Crippen LogP contribution >= 0.6 is 0 Å². The maximum absolute atomic E-state index is 13.9. The summed E-state index contributed by atoms with van der Waals surface area (Å²) < 4.78 is 0. The van der Waals surface area contributed by atoms with Crippen LogP contribution in [0.4, 0.5) is 0 Å². The SMILES string of the molecule is O=C(CC(c1ccccc1)(c1ccccc1)c1ccccc1)N1CCC(O)(c2ccccc2)CC1. The van der Waals surface area contributed by atoms with Crippen molar-refractivity contribution in [2.75, 3.05) is 13.1 Å². The van der Waals surface area contributed by atoms with Crippen molar-refractivity contribution in [1.29, 1.82) is 0 Å². The summed E-state index contributed by atoms with van der Waals surface area (Å²) in [5, 5.41) is 11.3. The molecule has 1 aliphatic heterocycles. The molecule has 0 spiro atoms. The highest BCUT2D eigenvalue weighted by atomic mass is 16.3. The Morgan fingerprint density at radius 2 is 1.03 bits per heavy atom. The van der Waals surface area contributed by atoms with Crippen LogP contribution in [-0.2, 0) is 15.8 Å². The molecule has 176 valence electrons. The van der Waals surface area contributed by atoms with E-state index >= 15 is 0 Å². The number of nitrogens with zero attached hydrogens (tertiary/aromatic N) is 1. The Kier molecular flexibility index (Phi) is 6.52. The molecular formula is C32H31NO2. The zero-order valence-electron chi connectivity index (χ0n) is 19.9. The van der Waals surface area contributed by atoms with Gasteiger partial charge >= 0.3 is 0 Å². The Balaban J connectivity index is 1.49. The smallest absolute Gasteiger partial charge is 0.224 e. The molecule has 3 nitrogen and oxygen atoms in total. The molecule has 0 radical (unpaired) electrons. The average molecular weight is 462 g/mol. The van der Waals surface area contributed by atoms with Crippen LogP contribution in [0.15, 0.2) is 121 Å². The Bertz CT molecular complexity index is 1140. The van der Waals surface area contributed by atoms with Crippen LogP contribution in [0.2, 0.25) is 0 Å². The van der Waals surface area contributed by atoms with Gasteiger partial charge in [-0.15, -0.1) is 0 Å². The van der Waals surface area contributed by atoms with E-state index in [1.165, 1.54) is 0 Å². The number of amides is 1. The topological polar surface area (TPSA) is 40.5 Å². The maximum Gasteiger partial charge on any atom is 0.224 e. The molecule has 0 saturated carbocycles. The Morgan fingerprint density at radius 3 is 1.43 bits per heavy atom. The van der Waals surface area contributed by atoms with Crippen LogP contribution in [0, 0.1) is 0 Å². The van der Waals surface area contributed by atoms with Gasteiger partial charge in [0.2, 0.25) is 5.91 Å². The molecular weight excluding hydrogens is 430 g/mol. The highest BCUT2D eigenvalue weighted by Gasteiger charge is 2.41. The monoisotopic (exact) mass is 461 g/mol. The summed E-state index contributed by atoms with van der Waals surface area (Å²) >= 11 is 0. The lowest BCUT2D eigenvalue weighted by molar-refractivity contribution is -0.136. The molecule has 0 bridgehead atoms. The van der Waals surface area contributed by atoms with Crippen LogP contribution in [0.3, 0.4) is 0 Å². The van der Waals surface area contributed by atoms with Gasteiger partial charge < -0.3 is 10.0 Å². The third kappa shape index (κ3) is 4.52. The Hall–Kier alpha value is -3.69. The van der Waals surface area contributed by atoms with Gasteiger partial charge in [0.15, 0.2) is 0 Å². The summed E-state index contributed by atoms with van der Waals surface area (Å²) in [6.07, 6.45) is 1.41. The Labute approximate surface area is 207 Å². The highest BCUT2D eigenvalue weighted by molar-refractivity contribution is 5.80. The molecule has 0 unspecified atom stereocenters. The molecule has 4 aromatic carbocycles. The van der Waals surface area contributed by atoms with Crippen molar-refractivity contribution >= 4 is 5.91 Å². The molecule has 1 fully saturated rings. The van der Waals surface area contributed by atoms with E-state index in [0.29, 0.717) is 32.4 Å². The summed E-state index contributed by atoms with van der Waals surface area (Å²) in [7, 11) is 0. The lowest BCUT2D eigenvalue weighted by Crippen LogP contribution is -2.47. The molecule has 0 aliphatic carbocycles. The van der Waals surface area contributed by atoms with Gasteiger partial charge in [0.05, 0.1) is 11.0 Å². The van der Waals surface area contributed by atoms with Gasteiger partial charge in [-0.3, -0.25) is 4.79 Å². The van der Waals surface area contributed by atoms with Crippen LogP contribution in [0.1, 0.15) is 41.5 Å². The van der Waals surface area contributed by atoms with Crippen molar-refractivity contribution in [2.24, 2.45) is 0 Å². The molecule has 4 aromatic rings. The molecule has 1 aliphatic rings. The first-order valence-electron chi connectivity index (χ1n) is 12.3. The first kappa shape index (κ1) is 23.1. The number of rotatable bonds is 6. The van der Waals surface area contributed by atoms with E-state index in [1.807, 2.05) is 89.8 Å². The van der Waals surface area contributed by atoms with E-state index in [9.17, 15) is 9.90 Å². The third-order valence-electron chi connectivity index (χ3n) is 7.47. The fourth-order valence-corrected chi connectivity index (χ4v) is 5.48. The normalized spacial score (nSPS) is 15.5. The number of aliphatic hydroxyl groups is 1. The molecule has 0 atom stereocenters. The van der Waals surface area contributed by atoms with E-state index < -0.39 is 11.0 Å². The molecule has 1 saturated heterocycles. The summed E-state index contributed by atoms with van der Waals surface area (Å²) in [5.41, 5.74) is 2.75. The number of benzene rings is 4. The summed E-state index contributed by atoms with van der Waals surface area (Å²) in [6, 6.07) is 40.9. The first-order chi connectivity index (χ1) is 17.1. The predicted molar refractivity (Wildman–Crippen MR) is 140 cm³/mol. The van der Waals surface area contributed by atoms with Crippen molar-refractivity contribution in [3.05, 3.63) is 144 Å². The van der Waals surface area contributed by atoms with Crippen LogP contribution in [0.25, 0.3) is 0 Å². The van der Waals surface area contributed by atoms with Crippen molar-refractivity contribution in [3.63, 3.8) is 0 Å². The van der Waals surface area contributed by atoms with Gasteiger partial charge in [-0.25, -0.2) is 0 Å². The molecule has 1 amide bonds. The van der Waals surface area contributed by atoms with Crippen molar-refractivity contribution in [3.8, 4) is 0 Å². The number of carbonyl (C=O) groups excluding carboxylic acids is 1. The maximum atomic E-state index is 13.9. The summed E-state index contributed by atoms with van der Waals surface area (Å²) in [5.74, 6) is 0.108. The van der Waals surface area contributed by atoms with Crippen LogP contribution < -0.4 is 0 Å². The second kappa shape index (κ2) is 9.89. The van der Waals surface area contributed by atoms with Crippen LogP contribution in [-0.4, -0.2) is 29.0 Å². The number of carbonyl (C=O) groups is 1. The van der Waals surface area contributed by atoms with E-state index in [0.717, 1.165) is 22.3 Å². The zero-order chi connectivity index (χ0) is 24.1. The van der Waals surface area contributed by atoms with Gasteiger partial charge in [-0.1, -0.05) is 121 Å². The van der Waals surface area contributed by atoms with E-state index in [4.69, 9.17) is 0 Å². The van der Waals surface area contributed by atoms with Crippen LogP contribution in [0.5, 0.6) is 0 Å². The highest BCUT2D eigenvalue weighted by Crippen LogP contribution is 2.43. The molecule has 0 aromatic heterocycles. The van der Waals surface area contributed by atoms with Gasteiger partial charge in [0.25, 0.3) is 0 Å². The van der Waals surface area contributed by atoms with Gasteiger partial charge in [0, 0.05) is 19.5 Å². The third-order valence-corrected chi connectivity index (χ3v) is 7.47. The average Bonchev–Trinajstić information content (AvgIpc) is 2.94. The van der Waals surface area contributed by atoms with Crippen molar-refractivity contribution in [2.45, 2.75) is 30.3 Å². The predicted octanol–water partition coefficient (Wildman–Crippen LogP) is 5.92. The van der Waals surface area contributed by atoms with Gasteiger partial charge in [0.1, 0.15) is 0 Å². The van der Waals surface area contributed by atoms with E-state index in [2.05, 4.69) is 36.4 Å². The number of hydrogen-bond acceptors (Lipinski definition) is 2. The molecule has 1 heterocycles. The number of likely N-dealkylation sites (tertiary alicyclic amines) is 1. The second-order valence-electron chi connectivity index (χ2n) is 9.46. The Morgan fingerprint density at radius 1 is 0.657 bits per heavy atom. The van der Waals surface area contributed by atoms with Crippen molar-refractivity contribution in [1.82, 2.24) is 4.90 Å². The zero-order valence-corrected chi connectivity index (χ0v) is 19.9. The lowest BCUT2D eigenvalue weighted by Gasteiger charge is -2.41. The lowest BCUT2D eigenvalue weighted by atomic mass is 9.67. The van der Waals surface area contributed by atoms with Crippen molar-refractivity contribution < 1.29 is 9.90 Å². The molecule has 35 heavy (non-hydrogen) atoms. The quantitative estimate of drug-likeness (QED) is 0.362. The minimum atomic E-state index is -0.882.